The molecule has 0 spiro atoms. The number of benzene rings is 2. The molecular formula is C22H20F3N3O2S. The zero-order valence-corrected chi connectivity index (χ0v) is 17.5. The minimum absolute atomic E-state index is 0.0515. The van der Waals surface area contributed by atoms with Gasteiger partial charge >= 0.3 is 6.18 Å². The van der Waals surface area contributed by atoms with Crippen LogP contribution in [-0.4, -0.2) is 37.2 Å². The number of aryl methyl sites for hydroxylation is 1. The summed E-state index contributed by atoms with van der Waals surface area (Å²) < 4.78 is 44.2. The summed E-state index contributed by atoms with van der Waals surface area (Å²) in [6.45, 7) is 4.88. The minimum Gasteiger partial charge on any atom is -0.378 e. The maximum absolute atomic E-state index is 12.9. The summed E-state index contributed by atoms with van der Waals surface area (Å²) in [5.74, 6) is -0.598. The molecule has 0 saturated carbocycles. The lowest BCUT2D eigenvalue weighted by Crippen LogP contribution is -2.36. The number of anilines is 2. The summed E-state index contributed by atoms with van der Waals surface area (Å²) in [4.78, 5) is 20.2. The lowest BCUT2D eigenvalue weighted by Gasteiger charge is -2.26. The Bertz CT molecular complexity index is 1090. The lowest BCUT2D eigenvalue weighted by molar-refractivity contribution is -0.137. The third kappa shape index (κ3) is 4.88. The van der Waals surface area contributed by atoms with Crippen molar-refractivity contribution in [2.24, 2.45) is 0 Å². The van der Waals surface area contributed by atoms with Crippen LogP contribution in [0.4, 0.5) is 24.0 Å². The number of ether oxygens (including phenoxy) is 1. The van der Waals surface area contributed by atoms with E-state index < -0.39 is 17.6 Å². The molecular weight excluding hydrogens is 427 g/mol. The first kappa shape index (κ1) is 21.3. The molecule has 9 heteroatoms. The molecule has 0 aliphatic carbocycles. The van der Waals surface area contributed by atoms with E-state index in [0.717, 1.165) is 46.4 Å². The van der Waals surface area contributed by atoms with Gasteiger partial charge in [0, 0.05) is 30.5 Å². The topological polar surface area (TPSA) is 54.5 Å². The highest BCUT2D eigenvalue weighted by atomic mass is 32.1. The van der Waals surface area contributed by atoms with Crippen molar-refractivity contribution >= 4 is 28.1 Å². The predicted molar refractivity (Wildman–Crippen MR) is 115 cm³/mol. The molecule has 162 valence electrons. The second-order valence-corrected chi connectivity index (χ2v) is 8.18. The molecule has 0 atom stereocenters. The van der Waals surface area contributed by atoms with Gasteiger partial charge in [-0.25, -0.2) is 4.98 Å². The van der Waals surface area contributed by atoms with Crippen LogP contribution in [0.3, 0.4) is 0 Å². The summed E-state index contributed by atoms with van der Waals surface area (Å²) in [5.41, 5.74) is 1.52. The van der Waals surface area contributed by atoms with E-state index in [1.807, 2.05) is 19.1 Å². The second-order valence-electron chi connectivity index (χ2n) is 7.17. The number of thiazole rings is 1. The maximum atomic E-state index is 12.9. The number of alkyl halides is 3. The third-order valence-corrected chi connectivity index (χ3v) is 6.08. The summed E-state index contributed by atoms with van der Waals surface area (Å²) in [6, 6.07) is 9.79. The number of morpholine rings is 1. The van der Waals surface area contributed by atoms with E-state index in [2.05, 4.69) is 15.2 Å². The Morgan fingerprint density at radius 1 is 1.16 bits per heavy atom. The van der Waals surface area contributed by atoms with Gasteiger partial charge in [0.05, 0.1) is 23.7 Å². The number of carbonyl (C=O) groups excluding carboxylic acids is 1. The van der Waals surface area contributed by atoms with Crippen molar-refractivity contribution in [2.45, 2.75) is 13.1 Å². The normalized spacial score (nSPS) is 14.5. The van der Waals surface area contributed by atoms with Crippen LogP contribution in [0.15, 0.2) is 48.7 Å². The molecule has 1 aliphatic heterocycles. The van der Waals surface area contributed by atoms with Crippen molar-refractivity contribution in [1.82, 2.24) is 4.98 Å². The number of carbonyl (C=O) groups is 1. The summed E-state index contributed by atoms with van der Waals surface area (Å²) in [6.07, 6.45) is -2.70. The smallest absolute Gasteiger partial charge is 0.378 e. The van der Waals surface area contributed by atoms with Crippen molar-refractivity contribution in [1.29, 1.82) is 0 Å². The van der Waals surface area contributed by atoms with Crippen molar-refractivity contribution in [3.8, 4) is 10.4 Å². The molecule has 0 radical (unpaired) electrons. The quantitative estimate of drug-likeness (QED) is 0.595. The Balaban J connectivity index is 1.54. The number of halogens is 3. The van der Waals surface area contributed by atoms with Crippen LogP contribution in [-0.2, 0) is 10.9 Å². The monoisotopic (exact) mass is 447 g/mol. The summed E-state index contributed by atoms with van der Waals surface area (Å²) in [5, 5.41) is 3.61. The molecule has 1 aromatic heterocycles. The van der Waals surface area contributed by atoms with E-state index in [9.17, 15) is 18.0 Å². The van der Waals surface area contributed by atoms with Crippen LogP contribution in [0.2, 0.25) is 0 Å². The molecule has 1 amide bonds. The van der Waals surface area contributed by atoms with E-state index in [4.69, 9.17) is 4.74 Å². The van der Waals surface area contributed by atoms with Gasteiger partial charge in [0.2, 0.25) is 0 Å². The van der Waals surface area contributed by atoms with Crippen molar-refractivity contribution in [3.05, 3.63) is 65.4 Å². The summed E-state index contributed by atoms with van der Waals surface area (Å²) >= 11 is 1.56. The Morgan fingerprint density at radius 2 is 1.94 bits per heavy atom. The van der Waals surface area contributed by atoms with Crippen LogP contribution >= 0.6 is 11.3 Å². The summed E-state index contributed by atoms with van der Waals surface area (Å²) in [7, 11) is 0. The second kappa shape index (κ2) is 8.68. The van der Waals surface area contributed by atoms with E-state index in [1.165, 1.54) is 12.1 Å². The Morgan fingerprint density at radius 3 is 2.68 bits per heavy atom. The highest BCUT2D eigenvalue weighted by Crippen LogP contribution is 2.35. The molecule has 1 N–H and O–H groups in total. The SMILES string of the molecule is Cc1ccc(NC(=O)c2cccc(C(F)(F)F)c2)cc1-c1cnc(N2CCOCC2)s1. The van der Waals surface area contributed by atoms with Gasteiger partial charge in [0.1, 0.15) is 0 Å². The first-order valence-electron chi connectivity index (χ1n) is 9.69. The highest BCUT2D eigenvalue weighted by molar-refractivity contribution is 7.18. The molecule has 3 aromatic rings. The van der Waals surface area contributed by atoms with Gasteiger partial charge < -0.3 is 15.0 Å². The number of amides is 1. The first-order valence-corrected chi connectivity index (χ1v) is 10.5. The fourth-order valence-corrected chi connectivity index (χ4v) is 4.34. The Labute approximate surface area is 181 Å². The van der Waals surface area contributed by atoms with Gasteiger partial charge in [0.25, 0.3) is 5.91 Å². The molecule has 2 aromatic carbocycles. The van der Waals surface area contributed by atoms with Crippen molar-refractivity contribution in [3.63, 3.8) is 0 Å². The van der Waals surface area contributed by atoms with Gasteiger partial charge in [-0.3, -0.25) is 4.79 Å². The molecule has 31 heavy (non-hydrogen) atoms. The fraction of sp³-hybridized carbons (Fsp3) is 0.273. The zero-order chi connectivity index (χ0) is 22.0. The van der Waals surface area contributed by atoms with E-state index in [-0.39, 0.29) is 5.56 Å². The molecule has 1 aliphatic rings. The lowest BCUT2D eigenvalue weighted by atomic mass is 10.1. The van der Waals surface area contributed by atoms with E-state index in [1.54, 1.807) is 23.6 Å². The van der Waals surface area contributed by atoms with Gasteiger partial charge in [0.15, 0.2) is 5.13 Å². The van der Waals surface area contributed by atoms with E-state index >= 15 is 0 Å². The molecule has 2 heterocycles. The molecule has 1 fully saturated rings. The molecule has 0 bridgehead atoms. The van der Waals surface area contributed by atoms with Crippen LogP contribution < -0.4 is 10.2 Å². The Hall–Kier alpha value is -2.91. The van der Waals surface area contributed by atoms with Crippen molar-refractivity contribution < 1.29 is 22.7 Å². The predicted octanol–water partition coefficient (Wildman–Crippen LogP) is 5.23. The van der Waals surface area contributed by atoms with Crippen LogP contribution in [0, 0.1) is 6.92 Å². The maximum Gasteiger partial charge on any atom is 0.416 e. The van der Waals surface area contributed by atoms with Crippen LogP contribution in [0.5, 0.6) is 0 Å². The van der Waals surface area contributed by atoms with Gasteiger partial charge in [-0.1, -0.05) is 23.5 Å². The largest absolute Gasteiger partial charge is 0.416 e. The van der Waals surface area contributed by atoms with E-state index in [0.29, 0.717) is 18.9 Å². The number of rotatable bonds is 4. The van der Waals surface area contributed by atoms with Gasteiger partial charge in [-0.15, -0.1) is 0 Å². The number of hydrogen-bond acceptors (Lipinski definition) is 5. The molecule has 1 saturated heterocycles. The van der Waals surface area contributed by atoms with Gasteiger partial charge in [-0.05, 0) is 48.4 Å². The standard InChI is InChI=1S/C22H20F3N3O2S/c1-14-5-6-17(27-20(29)15-3-2-4-16(11-15)22(23,24)25)12-18(14)19-13-26-21(31-19)28-7-9-30-10-8-28/h2-6,11-13H,7-10H2,1H3,(H,27,29). The molecule has 0 unspecified atom stereocenters. The minimum atomic E-state index is -4.50. The fourth-order valence-electron chi connectivity index (χ4n) is 3.30. The average molecular weight is 447 g/mol. The number of aromatic nitrogens is 1. The highest BCUT2D eigenvalue weighted by Gasteiger charge is 2.31. The van der Waals surface area contributed by atoms with Crippen molar-refractivity contribution in [2.75, 3.05) is 36.5 Å². The average Bonchev–Trinajstić information content (AvgIpc) is 3.25. The van der Waals surface area contributed by atoms with Crippen LogP contribution in [0.1, 0.15) is 21.5 Å². The molecule has 4 rings (SSSR count). The molecule has 5 nitrogen and oxygen atoms in total. The Kier molecular flexibility index (Phi) is 5.97. The zero-order valence-electron chi connectivity index (χ0n) is 16.7. The number of nitrogens with one attached hydrogen (secondary N) is 1. The number of hydrogen-bond donors (Lipinski definition) is 1. The van der Waals surface area contributed by atoms with Crippen LogP contribution in [0.25, 0.3) is 10.4 Å². The first-order chi connectivity index (χ1) is 14.8. The third-order valence-electron chi connectivity index (χ3n) is 4.99. The number of nitrogens with zero attached hydrogens (tertiary/aromatic N) is 2. The van der Waals surface area contributed by atoms with Gasteiger partial charge in [-0.2, -0.15) is 13.2 Å².